The first-order chi connectivity index (χ1) is 14.8. The molecule has 0 saturated carbocycles. The van der Waals surface area contributed by atoms with Gasteiger partial charge in [-0.2, -0.15) is 0 Å². The molecule has 0 radical (unpaired) electrons. The topological polar surface area (TPSA) is 74.8 Å². The molecule has 0 unspecified atom stereocenters. The Bertz CT molecular complexity index is 1100. The molecule has 0 atom stereocenters. The lowest BCUT2D eigenvalue weighted by Crippen LogP contribution is -2.39. The minimum atomic E-state index is 0.331. The van der Waals surface area contributed by atoms with E-state index in [-0.39, 0.29) is 0 Å². The highest BCUT2D eigenvalue weighted by Gasteiger charge is 2.13. The molecular weight excluding hydrogens is 392 g/mol. The van der Waals surface area contributed by atoms with Gasteiger partial charge < -0.3 is 5.32 Å². The van der Waals surface area contributed by atoms with Crippen LogP contribution in [0.2, 0.25) is 0 Å². The van der Waals surface area contributed by atoms with Crippen LogP contribution in [0.15, 0.2) is 91.0 Å². The molecule has 0 fully saturated rings. The highest BCUT2D eigenvalue weighted by atomic mass is 32.1. The summed E-state index contributed by atoms with van der Waals surface area (Å²) in [4.78, 5) is 4.67. The van der Waals surface area contributed by atoms with Crippen LogP contribution in [0.4, 0.5) is 5.95 Å². The molecule has 0 aliphatic carbocycles. The fourth-order valence-electron chi connectivity index (χ4n) is 2.90. The van der Waals surface area contributed by atoms with E-state index in [1.54, 1.807) is 0 Å². The van der Waals surface area contributed by atoms with Crippen LogP contribution in [0.1, 0.15) is 5.56 Å². The van der Waals surface area contributed by atoms with Crippen molar-refractivity contribution in [2.75, 3.05) is 5.43 Å². The number of hydrogen-bond acceptors (Lipinski definition) is 5. The standard InChI is InChI=1S/C23H20N6S/c30-23(24-16-17-10-4-1-5-11-17)29-28-22-25-20(18-12-6-2-7-13-18)21(26-27-22)19-14-8-3-9-15-19/h1-15H,16H2,(H2,24,29,30)(H,25,27,28). The lowest BCUT2D eigenvalue weighted by Gasteiger charge is -2.13. The Morgan fingerprint density at radius 1 is 0.700 bits per heavy atom. The molecule has 4 rings (SSSR count). The van der Waals surface area contributed by atoms with Gasteiger partial charge in [0.15, 0.2) is 5.11 Å². The van der Waals surface area contributed by atoms with E-state index < -0.39 is 0 Å². The Hall–Kier alpha value is -3.84. The normalized spacial score (nSPS) is 10.3. The van der Waals surface area contributed by atoms with Crippen LogP contribution in [-0.2, 0) is 6.54 Å². The SMILES string of the molecule is S=C(NCc1ccccc1)NNc1nnc(-c2ccccc2)c(-c2ccccc2)n1. The minimum absolute atomic E-state index is 0.331. The third-order valence-corrected chi connectivity index (χ3v) is 4.61. The van der Waals surface area contributed by atoms with Gasteiger partial charge in [-0.25, -0.2) is 4.98 Å². The number of benzene rings is 3. The van der Waals surface area contributed by atoms with E-state index in [1.807, 2.05) is 91.0 Å². The van der Waals surface area contributed by atoms with Crippen molar-refractivity contribution in [2.24, 2.45) is 0 Å². The molecule has 30 heavy (non-hydrogen) atoms. The van der Waals surface area contributed by atoms with Crippen LogP contribution in [0, 0.1) is 0 Å². The Morgan fingerprint density at radius 3 is 1.90 bits per heavy atom. The third-order valence-electron chi connectivity index (χ3n) is 4.36. The minimum Gasteiger partial charge on any atom is -0.357 e. The predicted octanol–water partition coefficient (Wildman–Crippen LogP) is 4.20. The number of hydrogen-bond donors (Lipinski definition) is 3. The Balaban J connectivity index is 1.49. The van der Waals surface area contributed by atoms with Crippen LogP contribution in [0.25, 0.3) is 22.5 Å². The Morgan fingerprint density at radius 2 is 1.27 bits per heavy atom. The molecule has 1 heterocycles. The van der Waals surface area contributed by atoms with E-state index >= 15 is 0 Å². The van der Waals surface area contributed by atoms with E-state index in [0.29, 0.717) is 17.6 Å². The molecule has 0 aliphatic rings. The first kappa shape index (κ1) is 19.5. The summed E-state index contributed by atoms with van der Waals surface area (Å²) in [5, 5.41) is 12.2. The average Bonchev–Trinajstić information content (AvgIpc) is 2.83. The van der Waals surface area contributed by atoms with Gasteiger partial charge in [-0.15, -0.1) is 10.2 Å². The van der Waals surface area contributed by atoms with Crippen molar-refractivity contribution in [2.45, 2.75) is 6.54 Å². The molecular formula is C23H20N6S. The lowest BCUT2D eigenvalue weighted by molar-refractivity contribution is 0.871. The van der Waals surface area contributed by atoms with Crippen LogP contribution in [-0.4, -0.2) is 20.3 Å². The summed E-state index contributed by atoms with van der Waals surface area (Å²) < 4.78 is 0. The zero-order valence-electron chi connectivity index (χ0n) is 16.1. The Kier molecular flexibility index (Phi) is 6.22. The van der Waals surface area contributed by atoms with Crippen molar-refractivity contribution in [1.82, 2.24) is 25.9 Å². The monoisotopic (exact) mass is 412 g/mol. The molecule has 0 bridgehead atoms. The number of aromatic nitrogens is 3. The highest BCUT2D eigenvalue weighted by molar-refractivity contribution is 7.80. The maximum absolute atomic E-state index is 5.32. The van der Waals surface area contributed by atoms with Crippen molar-refractivity contribution in [3.8, 4) is 22.5 Å². The van der Waals surface area contributed by atoms with Gasteiger partial charge in [0.05, 0.1) is 0 Å². The lowest BCUT2D eigenvalue weighted by atomic mass is 10.0. The highest BCUT2D eigenvalue weighted by Crippen LogP contribution is 2.28. The fraction of sp³-hybridized carbons (Fsp3) is 0.0435. The second-order valence-electron chi connectivity index (χ2n) is 6.48. The fourth-order valence-corrected chi connectivity index (χ4v) is 3.02. The second-order valence-corrected chi connectivity index (χ2v) is 6.89. The van der Waals surface area contributed by atoms with Gasteiger partial charge in [0, 0.05) is 17.7 Å². The molecule has 1 aromatic heterocycles. The third kappa shape index (κ3) is 4.95. The van der Waals surface area contributed by atoms with Crippen LogP contribution >= 0.6 is 12.2 Å². The number of nitrogens with one attached hydrogen (secondary N) is 3. The van der Waals surface area contributed by atoms with Crippen LogP contribution < -0.4 is 16.2 Å². The van der Waals surface area contributed by atoms with Crippen molar-refractivity contribution in [1.29, 1.82) is 0 Å². The maximum atomic E-state index is 5.32. The van der Waals surface area contributed by atoms with Gasteiger partial charge in [0.25, 0.3) is 5.95 Å². The molecule has 0 amide bonds. The van der Waals surface area contributed by atoms with Gasteiger partial charge in [-0.05, 0) is 17.8 Å². The van der Waals surface area contributed by atoms with Gasteiger partial charge in [0.2, 0.25) is 0 Å². The molecule has 0 spiro atoms. The van der Waals surface area contributed by atoms with Crippen LogP contribution in [0.5, 0.6) is 0 Å². The number of nitrogens with zero attached hydrogens (tertiary/aromatic N) is 3. The average molecular weight is 413 g/mol. The van der Waals surface area contributed by atoms with Crippen LogP contribution in [0.3, 0.4) is 0 Å². The van der Waals surface area contributed by atoms with Gasteiger partial charge in [0.1, 0.15) is 11.4 Å². The summed E-state index contributed by atoms with van der Waals surface area (Å²) in [6.07, 6.45) is 0. The molecule has 6 nitrogen and oxygen atoms in total. The number of anilines is 1. The number of thiocarbonyl (C=S) groups is 1. The summed E-state index contributed by atoms with van der Waals surface area (Å²) in [6, 6.07) is 29.8. The summed E-state index contributed by atoms with van der Waals surface area (Å²) >= 11 is 5.32. The largest absolute Gasteiger partial charge is 0.357 e. The molecule has 0 saturated heterocycles. The zero-order valence-corrected chi connectivity index (χ0v) is 16.9. The summed E-state index contributed by atoms with van der Waals surface area (Å²) in [5.74, 6) is 0.331. The second kappa shape index (κ2) is 9.58. The molecule has 3 N–H and O–H groups in total. The first-order valence-corrected chi connectivity index (χ1v) is 9.90. The maximum Gasteiger partial charge on any atom is 0.262 e. The van der Waals surface area contributed by atoms with Crippen molar-refractivity contribution >= 4 is 23.3 Å². The van der Waals surface area contributed by atoms with E-state index in [1.165, 1.54) is 0 Å². The van der Waals surface area contributed by atoms with Gasteiger partial charge >= 0.3 is 0 Å². The van der Waals surface area contributed by atoms with Crippen molar-refractivity contribution in [3.63, 3.8) is 0 Å². The summed E-state index contributed by atoms with van der Waals surface area (Å²) in [6.45, 7) is 0.621. The Labute approximate surface area is 180 Å². The van der Waals surface area contributed by atoms with E-state index in [9.17, 15) is 0 Å². The molecule has 3 aromatic carbocycles. The van der Waals surface area contributed by atoms with Crippen molar-refractivity contribution < 1.29 is 0 Å². The zero-order chi connectivity index (χ0) is 20.6. The van der Waals surface area contributed by atoms with E-state index in [2.05, 4.69) is 31.3 Å². The van der Waals surface area contributed by atoms with Gasteiger partial charge in [-0.3, -0.25) is 10.9 Å². The molecule has 0 aliphatic heterocycles. The quantitative estimate of drug-likeness (QED) is 0.324. The summed E-state index contributed by atoms with van der Waals surface area (Å²) in [5.41, 5.74) is 10.4. The molecule has 148 valence electrons. The first-order valence-electron chi connectivity index (χ1n) is 9.49. The van der Waals surface area contributed by atoms with E-state index in [0.717, 1.165) is 28.1 Å². The summed E-state index contributed by atoms with van der Waals surface area (Å²) in [7, 11) is 0. The molecule has 7 heteroatoms. The predicted molar refractivity (Wildman–Crippen MR) is 123 cm³/mol. The van der Waals surface area contributed by atoms with E-state index in [4.69, 9.17) is 12.2 Å². The molecule has 4 aromatic rings. The number of hydrazine groups is 1. The van der Waals surface area contributed by atoms with Gasteiger partial charge in [-0.1, -0.05) is 91.0 Å². The van der Waals surface area contributed by atoms with Crippen molar-refractivity contribution in [3.05, 3.63) is 96.6 Å². The smallest absolute Gasteiger partial charge is 0.262 e. The number of rotatable bonds is 6.